The van der Waals surface area contributed by atoms with Crippen molar-refractivity contribution in [3.05, 3.63) is 58.8 Å². The number of hydrogen-bond donors (Lipinski definition) is 1. The van der Waals surface area contributed by atoms with E-state index in [9.17, 15) is 27.9 Å². The van der Waals surface area contributed by atoms with Crippen molar-refractivity contribution >= 4 is 12.1 Å². The highest BCUT2D eigenvalue weighted by molar-refractivity contribution is 5.82. The van der Waals surface area contributed by atoms with Crippen LogP contribution in [0.5, 0.6) is 5.88 Å². The molecule has 1 saturated heterocycles. The third-order valence-corrected chi connectivity index (χ3v) is 8.14. The zero-order valence-electron chi connectivity index (χ0n) is 24.8. The van der Waals surface area contributed by atoms with Crippen molar-refractivity contribution in [2.45, 2.75) is 96.9 Å². The molecule has 2 fully saturated rings. The van der Waals surface area contributed by atoms with Gasteiger partial charge in [0.2, 0.25) is 5.88 Å². The van der Waals surface area contributed by atoms with Gasteiger partial charge in [-0.05, 0) is 61.3 Å². The Kier molecular flexibility index (Phi) is 9.11. The van der Waals surface area contributed by atoms with Gasteiger partial charge in [0.15, 0.2) is 0 Å². The van der Waals surface area contributed by atoms with Gasteiger partial charge < -0.3 is 19.3 Å². The molecule has 2 heterocycles. The van der Waals surface area contributed by atoms with Crippen molar-refractivity contribution in [1.82, 2.24) is 9.88 Å². The van der Waals surface area contributed by atoms with Crippen LogP contribution in [0.2, 0.25) is 0 Å². The molecule has 1 aliphatic carbocycles. The Balaban J connectivity index is 1.87. The number of carbonyl (C=O) groups excluding carboxylic acids is 1. The van der Waals surface area contributed by atoms with Crippen LogP contribution in [0.15, 0.2) is 36.5 Å². The highest BCUT2D eigenvalue weighted by Gasteiger charge is 2.60. The molecule has 0 unspecified atom stereocenters. The number of aliphatic carboxylic acids is 1. The maximum atomic E-state index is 14.3. The van der Waals surface area contributed by atoms with E-state index in [0.717, 1.165) is 35.8 Å². The van der Waals surface area contributed by atoms with E-state index >= 15 is 0 Å². The maximum Gasteiger partial charge on any atom is 0.416 e. The first kappa shape index (κ1) is 31.6. The maximum absolute atomic E-state index is 14.3. The van der Waals surface area contributed by atoms with Crippen LogP contribution in [0.4, 0.5) is 18.0 Å². The summed E-state index contributed by atoms with van der Waals surface area (Å²) in [6.45, 7) is 8.42. The number of carbonyl (C=O) groups is 2. The van der Waals surface area contributed by atoms with Gasteiger partial charge in [0.1, 0.15) is 6.04 Å². The Morgan fingerprint density at radius 1 is 1.14 bits per heavy atom. The summed E-state index contributed by atoms with van der Waals surface area (Å²) in [5, 5.41) is 10.5. The Labute approximate surface area is 244 Å². The minimum Gasteiger partial charge on any atom is -0.481 e. The molecule has 4 rings (SSSR count). The van der Waals surface area contributed by atoms with Gasteiger partial charge in [-0.25, -0.2) is 14.6 Å². The lowest BCUT2D eigenvalue weighted by atomic mass is 9.73. The zero-order valence-corrected chi connectivity index (χ0v) is 24.8. The van der Waals surface area contributed by atoms with Gasteiger partial charge in [-0.1, -0.05) is 45.4 Å². The number of pyridine rings is 1. The summed E-state index contributed by atoms with van der Waals surface area (Å²) in [5.41, 5.74) is -0.434. The number of aromatic nitrogens is 1. The molecule has 0 spiro atoms. The quantitative estimate of drug-likeness (QED) is 0.353. The largest absolute Gasteiger partial charge is 0.481 e. The molecule has 1 amide bonds. The second kappa shape index (κ2) is 12.1. The number of hydrogen-bond acceptors (Lipinski definition) is 6. The average Bonchev–Trinajstić information content (AvgIpc) is 3.22. The first-order valence-electron chi connectivity index (χ1n) is 14.2. The van der Waals surface area contributed by atoms with Gasteiger partial charge in [0.25, 0.3) is 0 Å². The normalized spacial score (nSPS) is 23.1. The Morgan fingerprint density at radius 2 is 1.81 bits per heavy atom. The van der Waals surface area contributed by atoms with Crippen molar-refractivity contribution in [3.8, 4) is 5.88 Å². The summed E-state index contributed by atoms with van der Waals surface area (Å²) >= 11 is 0. The standard InChI is InChI=1S/C31H39F3N2O6/c1-17(2)42-29(39)36-24(21-12-7-8-13-22(21)31(32,33)34)26(23(30(3,4)5)25(36)28(37)38)41-16-20-14-19(18-10-9-11-18)15-35-27(20)40-6/h7-8,12-15,17-18,23-26H,9-11,16H2,1-6H3,(H,37,38)/t23-,24+,25+,26+/m1/s1. The zero-order chi connectivity index (χ0) is 31.0. The fourth-order valence-electron chi connectivity index (χ4n) is 6.10. The number of halogens is 3. The Hall–Kier alpha value is -3.34. The molecule has 230 valence electrons. The molecular formula is C31H39F3N2O6. The number of methoxy groups -OCH3 is 1. The lowest BCUT2D eigenvalue weighted by Crippen LogP contribution is -2.47. The van der Waals surface area contributed by atoms with Gasteiger partial charge in [-0.3, -0.25) is 4.90 Å². The molecule has 1 aliphatic heterocycles. The first-order chi connectivity index (χ1) is 19.6. The fraction of sp³-hybridized carbons (Fsp3) is 0.581. The van der Waals surface area contributed by atoms with Crippen molar-refractivity contribution < 1.29 is 42.1 Å². The molecule has 2 aromatic rings. The van der Waals surface area contributed by atoms with E-state index in [4.69, 9.17) is 14.2 Å². The number of rotatable bonds is 8. The van der Waals surface area contributed by atoms with Crippen LogP contribution in [0.25, 0.3) is 0 Å². The van der Waals surface area contributed by atoms with E-state index in [2.05, 4.69) is 4.98 Å². The van der Waals surface area contributed by atoms with Gasteiger partial charge in [0.05, 0.1) is 37.5 Å². The van der Waals surface area contributed by atoms with Crippen LogP contribution >= 0.6 is 0 Å². The predicted octanol–water partition coefficient (Wildman–Crippen LogP) is 6.98. The SMILES string of the molecule is COc1ncc(C2CCC2)cc1CO[C@H]1[C@H](C(C)(C)C)[C@@H](C(=O)O)N(C(=O)OC(C)C)[C@H]1c1ccccc1C(F)(F)F. The van der Waals surface area contributed by atoms with Gasteiger partial charge in [0, 0.05) is 17.7 Å². The number of amides is 1. The van der Waals surface area contributed by atoms with Crippen LogP contribution in [0.3, 0.4) is 0 Å². The van der Waals surface area contributed by atoms with E-state index in [1.54, 1.807) is 40.8 Å². The van der Waals surface area contributed by atoms with Crippen LogP contribution in [0.1, 0.15) is 88.1 Å². The number of carboxylic acids is 1. The Morgan fingerprint density at radius 3 is 2.33 bits per heavy atom. The molecule has 0 bridgehead atoms. The summed E-state index contributed by atoms with van der Waals surface area (Å²) in [6, 6.07) is 3.88. The number of likely N-dealkylation sites (tertiary alicyclic amines) is 1. The van der Waals surface area contributed by atoms with Crippen molar-refractivity contribution in [2.24, 2.45) is 11.3 Å². The molecule has 4 atom stereocenters. The number of benzene rings is 1. The number of nitrogens with zero attached hydrogens (tertiary/aromatic N) is 2. The van der Waals surface area contributed by atoms with E-state index in [0.29, 0.717) is 17.4 Å². The molecule has 1 saturated carbocycles. The van der Waals surface area contributed by atoms with Crippen molar-refractivity contribution in [2.75, 3.05) is 7.11 Å². The Bertz CT molecular complexity index is 1290. The van der Waals surface area contributed by atoms with Crippen molar-refractivity contribution in [1.29, 1.82) is 0 Å². The monoisotopic (exact) mass is 592 g/mol. The number of alkyl halides is 3. The average molecular weight is 593 g/mol. The van der Waals surface area contributed by atoms with Gasteiger partial charge >= 0.3 is 18.2 Å². The minimum absolute atomic E-state index is 0.113. The third-order valence-electron chi connectivity index (χ3n) is 8.14. The lowest BCUT2D eigenvalue weighted by molar-refractivity contribution is -0.145. The molecule has 11 heteroatoms. The molecular weight excluding hydrogens is 553 g/mol. The fourth-order valence-corrected chi connectivity index (χ4v) is 6.10. The van der Waals surface area contributed by atoms with E-state index in [-0.39, 0.29) is 12.2 Å². The molecule has 0 radical (unpaired) electrons. The number of ether oxygens (including phenoxy) is 3. The van der Waals surface area contributed by atoms with Crippen LogP contribution < -0.4 is 4.74 Å². The topological polar surface area (TPSA) is 98.2 Å². The minimum atomic E-state index is -4.77. The lowest BCUT2D eigenvalue weighted by Gasteiger charge is -2.35. The molecule has 1 aromatic carbocycles. The van der Waals surface area contributed by atoms with E-state index in [1.807, 2.05) is 6.07 Å². The van der Waals surface area contributed by atoms with Crippen LogP contribution in [-0.2, 0) is 27.1 Å². The van der Waals surface area contributed by atoms with Crippen LogP contribution in [-0.4, -0.2) is 52.4 Å². The highest BCUT2D eigenvalue weighted by atomic mass is 19.4. The third kappa shape index (κ3) is 6.35. The molecule has 1 N–H and O–H groups in total. The molecule has 42 heavy (non-hydrogen) atoms. The second-order valence-electron chi connectivity index (χ2n) is 12.4. The number of carboxylic acid groups (broad SMARTS) is 1. The van der Waals surface area contributed by atoms with E-state index < -0.39 is 59.4 Å². The predicted molar refractivity (Wildman–Crippen MR) is 148 cm³/mol. The molecule has 8 nitrogen and oxygen atoms in total. The van der Waals surface area contributed by atoms with Gasteiger partial charge in [-0.15, -0.1) is 0 Å². The first-order valence-corrected chi connectivity index (χ1v) is 14.2. The smallest absolute Gasteiger partial charge is 0.416 e. The second-order valence-corrected chi connectivity index (χ2v) is 12.4. The summed E-state index contributed by atoms with van der Waals surface area (Å²) in [4.78, 5) is 31.7. The summed E-state index contributed by atoms with van der Waals surface area (Å²) < 4.78 is 60.4. The molecule has 2 aliphatic rings. The van der Waals surface area contributed by atoms with Crippen molar-refractivity contribution in [3.63, 3.8) is 0 Å². The molecule has 1 aromatic heterocycles. The summed E-state index contributed by atoms with van der Waals surface area (Å²) in [7, 11) is 1.47. The summed E-state index contributed by atoms with van der Waals surface area (Å²) in [6.07, 6.45) is -2.62. The van der Waals surface area contributed by atoms with Crippen LogP contribution in [0, 0.1) is 11.3 Å². The van der Waals surface area contributed by atoms with Gasteiger partial charge in [-0.2, -0.15) is 13.2 Å². The highest BCUT2D eigenvalue weighted by Crippen LogP contribution is 2.52. The summed E-state index contributed by atoms with van der Waals surface area (Å²) in [5.74, 6) is -1.60. The van der Waals surface area contributed by atoms with E-state index in [1.165, 1.54) is 25.3 Å².